The van der Waals surface area contributed by atoms with Gasteiger partial charge in [-0.15, -0.1) is 0 Å². The van der Waals surface area contributed by atoms with Gasteiger partial charge in [0.05, 0.1) is 6.04 Å². The van der Waals surface area contributed by atoms with Crippen LogP contribution in [-0.2, 0) is 4.79 Å². The molecule has 0 bridgehead atoms. The number of amidine groups is 1. The number of likely N-dealkylation sites (tertiary alicyclic amines) is 1. The number of benzene rings is 2. The maximum atomic E-state index is 12.7. The third kappa shape index (κ3) is 2.80. The van der Waals surface area contributed by atoms with Gasteiger partial charge in [-0.3, -0.25) is 9.79 Å². The molecule has 0 aromatic heterocycles. The molecule has 4 rings (SSSR count). The fraction of sp³-hybridized carbons (Fsp3) is 0.300. The lowest BCUT2D eigenvalue weighted by molar-refractivity contribution is -0.123. The van der Waals surface area contributed by atoms with E-state index in [1.54, 1.807) is 0 Å². The van der Waals surface area contributed by atoms with Crippen LogP contribution in [0, 0.1) is 0 Å². The van der Waals surface area contributed by atoms with Crippen LogP contribution in [0.2, 0.25) is 0 Å². The maximum Gasteiger partial charge on any atom is 0.288 e. The summed E-state index contributed by atoms with van der Waals surface area (Å²) in [6.45, 7) is 1.68. The zero-order valence-electron chi connectivity index (χ0n) is 13.6. The van der Waals surface area contributed by atoms with E-state index < -0.39 is 0 Å². The molecule has 2 aliphatic heterocycles. The van der Waals surface area contributed by atoms with E-state index in [2.05, 4.69) is 29.6 Å². The Bertz CT molecular complexity index is 736. The van der Waals surface area contributed by atoms with Crippen LogP contribution >= 0.6 is 0 Å². The highest BCUT2D eigenvalue weighted by Gasteiger charge is 2.35. The fourth-order valence-corrected chi connectivity index (χ4v) is 3.51. The molecule has 24 heavy (non-hydrogen) atoms. The molecule has 2 heterocycles. The van der Waals surface area contributed by atoms with Gasteiger partial charge in [0.15, 0.2) is 5.84 Å². The lowest BCUT2D eigenvalue weighted by atomic mass is 9.95. The number of amides is 1. The largest absolute Gasteiger partial charge is 0.356 e. The predicted molar refractivity (Wildman–Crippen MR) is 94.8 cm³/mol. The van der Waals surface area contributed by atoms with Crippen LogP contribution in [0.25, 0.3) is 0 Å². The van der Waals surface area contributed by atoms with Crippen molar-refractivity contribution in [3.63, 3.8) is 0 Å². The van der Waals surface area contributed by atoms with Gasteiger partial charge in [-0.25, -0.2) is 0 Å². The van der Waals surface area contributed by atoms with Gasteiger partial charge in [-0.1, -0.05) is 60.7 Å². The van der Waals surface area contributed by atoms with Gasteiger partial charge in [-0.2, -0.15) is 0 Å². The molecular weight excluding hydrogens is 298 g/mol. The second-order valence-corrected chi connectivity index (χ2v) is 6.37. The minimum absolute atomic E-state index is 0.00449. The van der Waals surface area contributed by atoms with Crippen molar-refractivity contribution in [2.24, 2.45) is 4.99 Å². The maximum absolute atomic E-state index is 12.7. The van der Waals surface area contributed by atoms with Gasteiger partial charge in [-0.05, 0) is 24.0 Å². The first-order valence-corrected chi connectivity index (χ1v) is 8.56. The monoisotopic (exact) mass is 319 g/mol. The molecular formula is C20H21N3O. The number of aliphatic imine (C=N–C) groups is 1. The number of nitrogens with zero attached hydrogens (tertiary/aromatic N) is 2. The number of rotatable bonds is 3. The van der Waals surface area contributed by atoms with Crippen LogP contribution in [0.5, 0.6) is 0 Å². The van der Waals surface area contributed by atoms with Crippen molar-refractivity contribution < 1.29 is 4.79 Å². The Morgan fingerprint density at radius 3 is 2.12 bits per heavy atom. The molecule has 0 saturated carbocycles. The Morgan fingerprint density at radius 1 is 0.917 bits per heavy atom. The minimum atomic E-state index is -0.0739. The highest BCUT2D eigenvalue weighted by atomic mass is 16.2. The van der Waals surface area contributed by atoms with Crippen molar-refractivity contribution in [2.75, 3.05) is 13.1 Å². The molecule has 0 aliphatic carbocycles. The average molecular weight is 319 g/mol. The second-order valence-electron chi connectivity index (χ2n) is 6.37. The van der Waals surface area contributed by atoms with Gasteiger partial charge in [0.25, 0.3) is 5.91 Å². The lowest BCUT2D eigenvalue weighted by Gasteiger charge is -2.20. The molecule has 122 valence electrons. The van der Waals surface area contributed by atoms with Crippen molar-refractivity contribution in [1.82, 2.24) is 10.2 Å². The normalized spacial score (nSPS) is 23.0. The van der Waals surface area contributed by atoms with E-state index in [1.807, 2.05) is 41.3 Å². The molecule has 0 spiro atoms. The topological polar surface area (TPSA) is 44.7 Å². The molecule has 1 fully saturated rings. The van der Waals surface area contributed by atoms with E-state index in [4.69, 9.17) is 4.99 Å². The molecule has 4 nitrogen and oxygen atoms in total. The number of carbonyl (C=O) groups is 1. The quantitative estimate of drug-likeness (QED) is 0.945. The fourth-order valence-electron chi connectivity index (χ4n) is 3.51. The molecule has 2 aromatic rings. The molecule has 0 radical (unpaired) electrons. The zero-order chi connectivity index (χ0) is 16.4. The van der Waals surface area contributed by atoms with Crippen molar-refractivity contribution >= 4 is 11.7 Å². The first-order valence-electron chi connectivity index (χ1n) is 8.56. The third-order valence-electron chi connectivity index (χ3n) is 4.77. The Labute approximate surface area is 142 Å². The van der Waals surface area contributed by atoms with E-state index >= 15 is 0 Å². The third-order valence-corrected chi connectivity index (χ3v) is 4.77. The van der Waals surface area contributed by atoms with E-state index in [9.17, 15) is 4.79 Å². The average Bonchev–Trinajstić information content (AvgIpc) is 3.33. The first-order chi connectivity index (χ1) is 11.8. The van der Waals surface area contributed by atoms with E-state index in [1.165, 1.54) is 0 Å². The number of carbonyl (C=O) groups excluding carboxylic acids is 1. The number of hydrogen-bond donors (Lipinski definition) is 1. The Kier molecular flexibility index (Phi) is 4.03. The van der Waals surface area contributed by atoms with E-state index in [-0.39, 0.29) is 18.0 Å². The second kappa shape index (κ2) is 6.48. The number of nitrogens with one attached hydrogen (secondary N) is 1. The van der Waals surface area contributed by atoms with Crippen molar-refractivity contribution in [3.05, 3.63) is 71.8 Å². The lowest BCUT2D eigenvalue weighted by Crippen LogP contribution is -2.40. The summed E-state index contributed by atoms with van der Waals surface area (Å²) in [4.78, 5) is 19.4. The summed E-state index contributed by atoms with van der Waals surface area (Å²) in [5.41, 5.74) is 2.28. The van der Waals surface area contributed by atoms with E-state index in [0.29, 0.717) is 5.84 Å². The van der Waals surface area contributed by atoms with Crippen LogP contribution in [0.4, 0.5) is 0 Å². The number of hydrogen-bond acceptors (Lipinski definition) is 3. The van der Waals surface area contributed by atoms with Crippen LogP contribution in [0.3, 0.4) is 0 Å². The van der Waals surface area contributed by atoms with Crippen LogP contribution < -0.4 is 5.32 Å². The summed E-state index contributed by atoms with van der Waals surface area (Å²) < 4.78 is 0. The minimum Gasteiger partial charge on any atom is -0.356 e. The summed E-state index contributed by atoms with van der Waals surface area (Å²) in [6.07, 6.45) is 2.17. The SMILES string of the molecule is O=C(C1=N[C@H](c2ccccc2)[C@@H](c2ccccc2)N1)N1CCCC1. The van der Waals surface area contributed by atoms with Crippen molar-refractivity contribution in [2.45, 2.75) is 24.9 Å². The molecule has 2 aromatic carbocycles. The highest BCUT2D eigenvalue weighted by Crippen LogP contribution is 2.36. The van der Waals surface area contributed by atoms with Crippen LogP contribution in [-0.4, -0.2) is 29.7 Å². The van der Waals surface area contributed by atoms with Crippen LogP contribution in [0.15, 0.2) is 65.7 Å². The molecule has 1 saturated heterocycles. The summed E-state index contributed by atoms with van der Waals surface area (Å²) in [5, 5.41) is 3.39. The highest BCUT2D eigenvalue weighted by molar-refractivity contribution is 6.38. The summed E-state index contributed by atoms with van der Waals surface area (Å²) in [6, 6.07) is 20.4. The molecule has 2 aliphatic rings. The summed E-state index contributed by atoms with van der Waals surface area (Å²) in [5.74, 6) is 0.534. The van der Waals surface area contributed by atoms with Gasteiger partial charge >= 0.3 is 0 Å². The van der Waals surface area contributed by atoms with Gasteiger partial charge in [0.1, 0.15) is 6.04 Å². The smallest absolute Gasteiger partial charge is 0.288 e. The van der Waals surface area contributed by atoms with E-state index in [0.717, 1.165) is 37.1 Å². The molecule has 4 heteroatoms. The Hall–Kier alpha value is -2.62. The van der Waals surface area contributed by atoms with Crippen LogP contribution in [0.1, 0.15) is 36.1 Å². The molecule has 0 unspecified atom stereocenters. The van der Waals surface area contributed by atoms with Crippen molar-refractivity contribution in [3.8, 4) is 0 Å². The standard InChI is InChI=1S/C20H21N3O/c24-20(23-13-7-8-14-23)19-21-17(15-9-3-1-4-10-15)18(22-19)16-11-5-2-6-12-16/h1-6,9-12,17-18H,7-8,13-14H2,(H,21,22)/t17-,18-/m1/s1. The van der Waals surface area contributed by atoms with Gasteiger partial charge in [0, 0.05) is 13.1 Å². The van der Waals surface area contributed by atoms with Crippen molar-refractivity contribution in [1.29, 1.82) is 0 Å². The Morgan fingerprint density at radius 2 is 1.50 bits per heavy atom. The summed E-state index contributed by atoms with van der Waals surface area (Å²) >= 11 is 0. The predicted octanol–water partition coefficient (Wildman–Crippen LogP) is 3.09. The zero-order valence-corrected chi connectivity index (χ0v) is 13.6. The first kappa shape index (κ1) is 14.9. The molecule has 1 amide bonds. The van der Waals surface area contributed by atoms with Gasteiger partial charge in [0.2, 0.25) is 0 Å². The summed E-state index contributed by atoms with van der Waals surface area (Å²) in [7, 11) is 0. The Balaban J connectivity index is 1.66. The molecule has 2 atom stereocenters. The van der Waals surface area contributed by atoms with Gasteiger partial charge < -0.3 is 10.2 Å². The molecule has 1 N–H and O–H groups in total.